The van der Waals surface area contributed by atoms with Gasteiger partial charge in [-0.15, -0.1) is 0 Å². The van der Waals surface area contributed by atoms with Gasteiger partial charge >= 0.3 is 5.97 Å². The van der Waals surface area contributed by atoms with Crippen LogP contribution < -0.4 is 4.74 Å². The maximum Gasteiger partial charge on any atom is 0.307 e. The zero-order chi connectivity index (χ0) is 13.6. The van der Waals surface area contributed by atoms with E-state index in [1.165, 1.54) is 6.92 Å². The third kappa shape index (κ3) is 5.18. The van der Waals surface area contributed by atoms with E-state index >= 15 is 0 Å². The quantitative estimate of drug-likeness (QED) is 0.806. The van der Waals surface area contributed by atoms with Crippen molar-refractivity contribution in [1.82, 2.24) is 0 Å². The number of carbonyl (C=O) groups is 1. The van der Waals surface area contributed by atoms with Crippen LogP contribution in [-0.2, 0) is 14.6 Å². The van der Waals surface area contributed by atoms with Gasteiger partial charge in [0.2, 0.25) is 0 Å². The Bertz CT molecular complexity index is 480. The first-order valence-corrected chi connectivity index (χ1v) is 7.34. The number of hydrogen-bond donors (Lipinski definition) is 1. The molecule has 6 heteroatoms. The van der Waals surface area contributed by atoms with Crippen LogP contribution in [0.25, 0.3) is 0 Å². The summed E-state index contributed by atoms with van der Waals surface area (Å²) in [4.78, 5) is 10.6. The first kappa shape index (κ1) is 14.5. The number of para-hydroxylation sites is 1. The minimum Gasteiger partial charge on any atom is -0.493 e. The van der Waals surface area contributed by atoms with Gasteiger partial charge in [0.25, 0.3) is 0 Å². The Morgan fingerprint density at radius 3 is 2.50 bits per heavy atom. The lowest BCUT2D eigenvalue weighted by atomic mass is 10.2. The summed E-state index contributed by atoms with van der Waals surface area (Å²) in [6, 6.07) is 8.86. The molecule has 0 bridgehead atoms. The summed E-state index contributed by atoms with van der Waals surface area (Å²) >= 11 is 0. The Kier molecular flexibility index (Phi) is 5.15. The van der Waals surface area contributed by atoms with Gasteiger partial charge in [-0.2, -0.15) is 0 Å². The summed E-state index contributed by atoms with van der Waals surface area (Å²) in [5, 5.41) is 8.65. The van der Waals surface area contributed by atoms with E-state index in [0.29, 0.717) is 5.75 Å². The number of aliphatic carboxylic acids is 1. The lowest BCUT2D eigenvalue weighted by Gasteiger charge is -2.09. The second kappa shape index (κ2) is 6.39. The smallest absolute Gasteiger partial charge is 0.307 e. The lowest BCUT2D eigenvalue weighted by molar-refractivity contribution is -0.140. The molecule has 0 amide bonds. The largest absolute Gasteiger partial charge is 0.493 e. The van der Waals surface area contributed by atoms with Crippen molar-refractivity contribution in [3.05, 3.63) is 30.3 Å². The summed E-state index contributed by atoms with van der Waals surface area (Å²) in [6.07, 6.45) is 0. The number of rotatable bonds is 7. The second-order valence-electron chi connectivity index (χ2n) is 4.02. The predicted octanol–water partition coefficient (Wildman–Crippen LogP) is 1.20. The molecule has 0 fully saturated rings. The normalized spacial score (nSPS) is 12.9. The molecule has 0 aromatic heterocycles. The Morgan fingerprint density at radius 1 is 1.33 bits per heavy atom. The molecule has 0 heterocycles. The highest BCUT2D eigenvalue weighted by atomic mass is 32.2. The topological polar surface area (TPSA) is 80.7 Å². The van der Waals surface area contributed by atoms with Crippen LogP contribution in [0, 0.1) is 5.92 Å². The van der Waals surface area contributed by atoms with Crippen LogP contribution in [0.1, 0.15) is 6.92 Å². The van der Waals surface area contributed by atoms with Crippen LogP contribution in [0.2, 0.25) is 0 Å². The lowest BCUT2D eigenvalue weighted by Crippen LogP contribution is -2.25. The molecule has 0 aliphatic heterocycles. The first-order valence-electron chi connectivity index (χ1n) is 5.52. The molecule has 100 valence electrons. The average molecular weight is 272 g/mol. The standard InChI is InChI=1S/C12H16O5S/c1-10(12(13)14)9-18(15,16)8-7-17-11-5-3-2-4-6-11/h2-6,10H,7-9H2,1H3,(H,13,14). The van der Waals surface area contributed by atoms with E-state index in [2.05, 4.69) is 0 Å². The van der Waals surface area contributed by atoms with Gasteiger partial charge < -0.3 is 9.84 Å². The van der Waals surface area contributed by atoms with Crippen molar-refractivity contribution in [1.29, 1.82) is 0 Å². The zero-order valence-corrected chi connectivity index (χ0v) is 10.9. The monoisotopic (exact) mass is 272 g/mol. The third-order valence-corrected chi connectivity index (χ3v) is 4.13. The number of carboxylic acid groups (broad SMARTS) is 1. The minimum absolute atomic E-state index is 0.0265. The van der Waals surface area contributed by atoms with Gasteiger partial charge in [0.15, 0.2) is 9.84 Å². The van der Waals surface area contributed by atoms with E-state index in [9.17, 15) is 13.2 Å². The van der Waals surface area contributed by atoms with E-state index in [1.54, 1.807) is 24.3 Å². The van der Waals surface area contributed by atoms with E-state index in [4.69, 9.17) is 9.84 Å². The van der Waals surface area contributed by atoms with Crippen molar-refractivity contribution in [3.63, 3.8) is 0 Å². The molecule has 0 aliphatic rings. The second-order valence-corrected chi connectivity index (χ2v) is 6.24. The molecule has 0 saturated carbocycles. The van der Waals surface area contributed by atoms with Gasteiger partial charge in [0.1, 0.15) is 12.4 Å². The molecular formula is C12H16O5S. The minimum atomic E-state index is -3.40. The Morgan fingerprint density at radius 2 is 1.94 bits per heavy atom. The van der Waals surface area contributed by atoms with Crippen molar-refractivity contribution < 1.29 is 23.1 Å². The maximum atomic E-state index is 11.6. The summed E-state index contributed by atoms with van der Waals surface area (Å²) in [7, 11) is -3.40. The average Bonchev–Trinajstić information content (AvgIpc) is 2.29. The Hall–Kier alpha value is -1.56. The van der Waals surface area contributed by atoms with Gasteiger partial charge in [-0.05, 0) is 12.1 Å². The predicted molar refractivity (Wildman–Crippen MR) is 67.4 cm³/mol. The van der Waals surface area contributed by atoms with Crippen LogP contribution in [0.3, 0.4) is 0 Å². The van der Waals surface area contributed by atoms with Gasteiger partial charge in [-0.25, -0.2) is 8.42 Å². The van der Waals surface area contributed by atoms with Gasteiger partial charge in [0.05, 0.1) is 17.4 Å². The van der Waals surface area contributed by atoms with Crippen molar-refractivity contribution in [2.75, 3.05) is 18.1 Å². The molecule has 1 rings (SSSR count). The highest BCUT2D eigenvalue weighted by molar-refractivity contribution is 7.91. The molecule has 0 radical (unpaired) electrons. The number of hydrogen-bond acceptors (Lipinski definition) is 4. The van der Waals surface area contributed by atoms with Gasteiger partial charge in [0, 0.05) is 0 Å². The van der Waals surface area contributed by atoms with Crippen molar-refractivity contribution in [2.24, 2.45) is 5.92 Å². The van der Waals surface area contributed by atoms with E-state index < -0.39 is 21.7 Å². The summed E-state index contributed by atoms with van der Waals surface area (Å²) < 4.78 is 28.4. The molecule has 5 nitrogen and oxygen atoms in total. The van der Waals surface area contributed by atoms with Gasteiger partial charge in [-0.1, -0.05) is 25.1 Å². The van der Waals surface area contributed by atoms with E-state index in [0.717, 1.165) is 0 Å². The zero-order valence-electron chi connectivity index (χ0n) is 10.1. The van der Waals surface area contributed by atoms with E-state index in [-0.39, 0.29) is 18.1 Å². The summed E-state index contributed by atoms with van der Waals surface area (Å²) in [5.74, 6) is -1.95. The number of ether oxygens (including phenoxy) is 1. The highest BCUT2D eigenvalue weighted by Gasteiger charge is 2.20. The molecule has 0 saturated heterocycles. The fourth-order valence-corrected chi connectivity index (χ4v) is 2.75. The Balaban J connectivity index is 2.41. The first-order chi connectivity index (χ1) is 8.41. The number of carboxylic acids is 1. The van der Waals surface area contributed by atoms with Crippen LogP contribution in [-0.4, -0.2) is 37.6 Å². The van der Waals surface area contributed by atoms with Crippen LogP contribution in [0.15, 0.2) is 30.3 Å². The van der Waals surface area contributed by atoms with E-state index in [1.807, 2.05) is 6.07 Å². The molecule has 1 atom stereocenters. The SMILES string of the molecule is CC(CS(=O)(=O)CCOc1ccccc1)C(=O)O. The van der Waals surface area contributed by atoms with Crippen molar-refractivity contribution >= 4 is 15.8 Å². The Labute approximate surface area is 106 Å². The van der Waals surface area contributed by atoms with Crippen molar-refractivity contribution in [3.8, 4) is 5.75 Å². The molecule has 1 N–H and O–H groups in total. The molecule has 1 aromatic rings. The molecule has 1 aromatic carbocycles. The van der Waals surface area contributed by atoms with Crippen LogP contribution >= 0.6 is 0 Å². The number of benzene rings is 1. The molecule has 1 unspecified atom stereocenters. The molecule has 18 heavy (non-hydrogen) atoms. The highest BCUT2D eigenvalue weighted by Crippen LogP contribution is 2.09. The molecule has 0 spiro atoms. The fourth-order valence-electron chi connectivity index (χ4n) is 1.34. The third-order valence-electron chi connectivity index (χ3n) is 2.33. The summed E-state index contributed by atoms with van der Waals surface area (Å²) in [6.45, 7) is 1.40. The number of sulfone groups is 1. The summed E-state index contributed by atoms with van der Waals surface area (Å²) in [5.41, 5.74) is 0. The van der Waals surface area contributed by atoms with Gasteiger partial charge in [-0.3, -0.25) is 4.79 Å². The maximum absolute atomic E-state index is 11.6. The van der Waals surface area contributed by atoms with Crippen LogP contribution in [0.5, 0.6) is 5.75 Å². The van der Waals surface area contributed by atoms with Crippen molar-refractivity contribution in [2.45, 2.75) is 6.92 Å². The van der Waals surface area contributed by atoms with Crippen LogP contribution in [0.4, 0.5) is 0 Å². The molecule has 0 aliphatic carbocycles. The fraction of sp³-hybridized carbons (Fsp3) is 0.417. The molecular weight excluding hydrogens is 256 g/mol.